The fourth-order valence-corrected chi connectivity index (χ4v) is 2.33. The number of pyridine rings is 1. The van der Waals surface area contributed by atoms with Crippen molar-refractivity contribution in [1.29, 1.82) is 0 Å². The molecule has 0 bridgehead atoms. The number of hydrogen-bond acceptors (Lipinski definition) is 2. The summed E-state index contributed by atoms with van der Waals surface area (Å²) < 4.78 is 38.1. The summed E-state index contributed by atoms with van der Waals surface area (Å²) in [5.41, 5.74) is 0.851. The van der Waals surface area contributed by atoms with Crippen LogP contribution in [0.5, 0.6) is 0 Å². The summed E-state index contributed by atoms with van der Waals surface area (Å²) in [4.78, 5) is 16.4. The molecule has 2 aromatic carbocycles. The van der Waals surface area contributed by atoms with Gasteiger partial charge in [-0.3, -0.25) is 9.78 Å². The van der Waals surface area contributed by atoms with Gasteiger partial charge < -0.3 is 0 Å². The molecule has 2 nitrogen and oxygen atoms in total. The second kappa shape index (κ2) is 5.83. The molecular formula is C18H12F3NO. The van der Waals surface area contributed by atoms with Crippen LogP contribution in [0.4, 0.5) is 13.2 Å². The standard InChI is InChI=1S/C18H12F3NO/c19-18(20,21)14-7-9-16-13(10-14)6-8-15(22-16)11-17(23)12-4-2-1-3-5-12/h1-10H,11H2. The van der Waals surface area contributed by atoms with Crippen molar-refractivity contribution in [1.82, 2.24) is 4.98 Å². The highest BCUT2D eigenvalue weighted by atomic mass is 19.4. The number of nitrogens with zero attached hydrogens (tertiary/aromatic N) is 1. The zero-order valence-electron chi connectivity index (χ0n) is 12.0. The average molecular weight is 315 g/mol. The number of rotatable bonds is 3. The number of hydrogen-bond donors (Lipinski definition) is 0. The van der Waals surface area contributed by atoms with E-state index in [-0.39, 0.29) is 12.2 Å². The van der Waals surface area contributed by atoms with Gasteiger partial charge in [-0.15, -0.1) is 0 Å². The predicted molar refractivity (Wildman–Crippen MR) is 81.2 cm³/mol. The zero-order valence-corrected chi connectivity index (χ0v) is 12.0. The van der Waals surface area contributed by atoms with Gasteiger partial charge in [0.15, 0.2) is 5.78 Å². The Labute approximate surface area is 130 Å². The molecule has 5 heteroatoms. The molecule has 0 N–H and O–H groups in total. The number of halogens is 3. The first kappa shape index (κ1) is 15.2. The lowest BCUT2D eigenvalue weighted by molar-refractivity contribution is -0.137. The lowest BCUT2D eigenvalue weighted by Crippen LogP contribution is -2.06. The van der Waals surface area contributed by atoms with E-state index in [1.54, 1.807) is 36.4 Å². The van der Waals surface area contributed by atoms with E-state index < -0.39 is 11.7 Å². The summed E-state index contributed by atoms with van der Waals surface area (Å²) in [5.74, 6) is -0.0793. The van der Waals surface area contributed by atoms with Gasteiger partial charge in [0.2, 0.25) is 0 Å². The fraction of sp³-hybridized carbons (Fsp3) is 0.111. The molecule has 0 aliphatic rings. The van der Waals surface area contributed by atoms with Gasteiger partial charge in [-0.05, 0) is 24.3 Å². The molecule has 0 radical (unpaired) electrons. The number of ketones is 1. The van der Waals surface area contributed by atoms with Crippen molar-refractivity contribution in [3.8, 4) is 0 Å². The van der Waals surface area contributed by atoms with Crippen LogP contribution in [0.15, 0.2) is 60.7 Å². The Balaban J connectivity index is 1.88. The molecular weight excluding hydrogens is 303 g/mol. The van der Waals surface area contributed by atoms with Crippen LogP contribution in [0.3, 0.4) is 0 Å². The van der Waals surface area contributed by atoms with Crippen molar-refractivity contribution in [2.75, 3.05) is 0 Å². The van der Waals surface area contributed by atoms with Gasteiger partial charge in [-0.2, -0.15) is 13.2 Å². The number of aromatic nitrogens is 1. The van der Waals surface area contributed by atoms with Crippen LogP contribution in [0.2, 0.25) is 0 Å². The van der Waals surface area contributed by atoms with E-state index in [2.05, 4.69) is 4.98 Å². The van der Waals surface area contributed by atoms with Gasteiger partial charge in [-0.1, -0.05) is 36.4 Å². The van der Waals surface area contributed by atoms with E-state index in [1.807, 2.05) is 6.07 Å². The number of fused-ring (bicyclic) bond motifs is 1. The molecule has 0 saturated carbocycles. The zero-order chi connectivity index (χ0) is 16.4. The number of carbonyl (C=O) groups is 1. The van der Waals surface area contributed by atoms with Crippen molar-refractivity contribution >= 4 is 16.7 Å². The molecule has 0 fully saturated rings. The minimum atomic E-state index is -4.38. The first-order valence-electron chi connectivity index (χ1n) is 6.98. The maximum atomic E-state index is 12.7. The molecule has 1 aromatic heterocycles. The molecule has 0 unspecified atom stereocenters. The number of Topliss-reactive ketones (excluding diaryl/α,β-unsaturated/α-hetero) is 1. The Morgan fingerprint density at radius 1 is 0.957 bits per heavy atom. The minimum absolute atomic E-state index is 0.0793. The highest BCUT2D eigenvalue weighted by molar-refractivity contribution is 5.97. The Morgan fingerprint density at radius 2 is 1.70 bits per heavy atom. The minimum Gasteiger partial charge on any atom is -0.294 e. The van der Waals surface area contributed by atoms with Crippen LogP contribution in [0, 0.1) is 0 Å². The lowest BCUT2D eigenvalue weighted by Gasteiger charge is -2.08. The molecule has 116 valence electrons. The summed E-state index contributed by atoms with van der Waals surface area (Å²) in [6.45, 7) is 0. The quantitative estimate of drug-likeness (QED) is 0.657. The first-order chi connectivity index (χ1) is 10.9. The monoisotopic (exact) mass is 315 g/mol. The lowest BCUT2D eigenvalue weighted by atomic mass is 10.1. The maximum absolute atomic E-state index is 12.7. The summed E-state index contributed by atoms with van der Waals surface area (Å²) in [6.07, 6.45) is -4.27. The van der Waals surface area contributed by atoms with E-state index >= 15 is 0 Å². The van der Waals surface area contributed by atoms with Gasteiger partial charge in [0.25, 0.3) is 0 Å². The molecule has 0 atom stereocenters. The Kier molecular flexibility index (Phi) is 3.86. The first-order valence-corrected chi connectivity index (χ1v) is 6.98. The van der Waals surface area contributed by atoms with Crippen LogP contribution in [0.25, 0.3) is 10.9 Å². The predicted octanol–water partition coefficient (Wildman–Crippen LogP) is 4.68. The molecule has 3 rings (SSSR count). The third-order valence-corrected chi connectivity index (χ3v) is 3.51. The second-order valence-corrected chi connectivity index (χ2v) is 5.17. The molecule has 23 heavy (non-hydrogen) atoms. The van der Waals surface area contributed by atoms with Crippen molar-refractivity contribution in [3.05, 3.63) is 77.5 Å². The molecule has 0 spiro atoms. The van der Waals surface area contributed by atoms with Crippen molar-refractivity contribution in [3.63, 3.8) is 0 Å². The molecule has 1 heterocycles. The summed E-state index contributed by atoms with van der Waals surface area (Å²) in [6, 6.07) is 15.4. The normalized spacial score (nSPS) is 11.6. The van der Waals surface area contributed by atoms with Crippen LogP contribution in [-0.2, 0) is 12.6 Å². The van der Waals surface area contributed by atoms with Gasteiger partial charge in [0, 0.05) is 16.6 Å². The molecule has 0 saturated heterocycles. The highest BCUT2D eigenvalue weighted by Gasteiger charge is 2.30. The van der Waals surface area contributed by atoms with Crippen molar-refractivity contribution in [2.24, 2.45) is 0 Å². The fourth-order valence-electron chi connectivity index (χ4n) is 2.33. The van der Waals surface area contributed by atoms with Gasteiger partial charge >= 0.3 is 6.18 Å². The van der Waals surface area contributed by atoms with E-state index in [0.717, 1.165) is 12.1 Å². The van der Waals surface area contributed by atoms with Crippen LogP contribution >= 0.6 is 0 Å². The van der Waals surface area contributed by atoms with Crippen LogP contribution in [0.1, 0.15) is 21.6 Å². The van der Waals surface area contributed by atoms with Crippen LogP contribution in [-0.4, -0.2) is 10.8 Å². The summed E-state index contributed by atoms with van der Waals surface area (Å²) in [5, 5.41) is 0.399. The average Bonchev–Trinajstić information content (AvgIpc) is 2.54. The topological polar surface area (TPSA) is 30.0 Å². The molecule has 3 aromatic rings. The second-order valence-electron chi connectivity index (χ2n) is 5.17. The SMILES string of the molecule is O=C(Cc1ccc2cc(C(F)(F)F)ccc2n1)c1ccccc1. The smallest absolute Gasteiger partial charge is 0.294 e. The van der Waals surface area contributed by atoms with Crippen molar-refractivity contribution in [2.45, 2.75) is 12.6 Å². The number of alkyl halides is 3. The summed E-state index contributed by atoms with van der Waals surface area (Å²) >= 11 is 0. The molecule has 0 aliphatic carbocycles. The maximum Gasteiger partial charge on any atom is 0.416 e. The summed E-state index contributed by atoms with van der Waals surface area (Å²) in [7, 11) is 0. The third-order valence-electron chi connectivity index (χ3n) is 3.51. The van der Waals surface area contributed by atoms with E-state index in [9.17, 15) is 18.0 Å². The largest absolute Gasteiger partial charge is 0.416 e. The van der Waals surface area contributed by atoms with E-state index in [0.29, 0.717) is 22.2 Å². The highest BCUT2D eigenvalue weighted by Crippen LogP contribution is 2.31. The molecule has 0 amide bonds. The van der Waals surface area contributed by atoms with E-state index in [1.165, 1.54) is 6.07 Å². The Hall–Kier alpha value is -2.69. The third kappa shape index (κ3) is 3.39. The van der Waals surface area contributed by atoms with Crippen LogP contribution < -0.4 is 0 Å². The van der Waals surface area contributed by atoms with Crippen molar-refractivity contribution < 1.29 is 18.0 Å². The van der Waals surface area contributed by atoms with Gasteiger partial charge in [0.1, 0.15) is 0 Å². The van der Waals surface area contributed by atoms with Gasteiger partial charge in [0.05, 0.1) is 17.5 Å². The number of benzene rings is 2. The Morgan fingerprint density at radius 3 is 2.39 bits per heavy atom. The molecule has 0 aliphatic heterocycles. The van der Waals surface area contributed by atoms with Gasteiger partial charge in [-0.25, -0.2) is 0 Å². The Bertz CT molecular complexity index is 857. The van der Waals surface area contributed by atoms with E-state index in [4.69, 9.17) is 0 Å². The number of carbonyl (C=O) groups excluding carboxylic acids is 1.